The highest BCUT2D eigenvalue weighted by Gasteiger charge is 2.21. The summed E-state index contributed by atoms with van der Waals surface area (Å²) in [4.78, 5) is 11.4. The van der Waals surface area contributed by atoms with Crippen LogP contribution < -0.4 is 0 Å². The number of fused-ring (bicyclic) bond motifs is 1. The first-order valence-electron chi connectivity index (χ1n) is 8.68. The Kier molecular flexibility index (Phi) is 4.06. The van der Waals surface area contributed by atoms with Gasteiger partial charge in [0.2, 0.25) is 0 Å². The molecule has 0 radical (unpaired) electrons. The van der Waals surface area contributed by atoms with E-state index in [1.54, 1.807) is 0 Å². The van der Waals surface area contributed by atoms with Crippen LogP contribution in [0.25, 0.3) is 5.65 Å². The third-order valence-corrected chi connectivity index (χ3v) is 4.88. The van der Waals surface area contributed by atoms with Gasteiger partial charge in [0.25, 0.3) is 0 Å². The molecule has 0 spiro atoms. The van der Waals surface area contributed by atoms with Gasteiger partial charge in [-0.15, -0.1) is 0 Å². The van der Waals surface area contributed by atoms with Gasteiger partial charge in [-0.3, -0.25) is 4.90 Å². The maximum atomic E-state index is 4.70. The lowest BCUT2D eigenvalue weighted by Gasteiger charge is -2.32. The molecule has 4 rings (SSSR count). The fourth-order valence-electron chi connectivity index (χ4n) is 3.81. The normalized spacial score (nSPS) is 19.2. The Balaban J connectivity index is 1.49. The van der Waals surface area contributed by atoms with E-state index < -0.39 is 0 Å². The van der Waals surface area contributed by atoms with Crippen LogP contribution in [0.1, 0.15) is 29.8 Å². The second-order valence-electron chi connectivity index (χ2n) is 6.95. The van der Waals surface area contributed by atoms with Crippen molar-refractivity contribution in [2.75, 3.05) is 13.1 Å². The topological polar surface area (TPSA) is 51.2 Å². The average molecular weight is 324 g/mol. The molecule has 126 valence electrons. The molecule has 1 aliphatic heterocycles. The molecule has 0 aromatic carbocycles. The lowest BCUT2D eigenvalue weighted by atomic mass is 9.97. The maximum absolute atomic E-state index is 4.70. The average Bonchev–Trinajstić information content (AvgIpc) is 3.18. The summed E-state index contributed by atoms with van der Waals surface area (Å²) < 4.78 is 4.15. The molecule has 4 heterocycles. The van der Waals surface area contributed by atoms with Crippen LogP contribution in [0.3, 0.4) is 0 Å². The van der Waals surface area contributed by atoms with E-state index in [2.05, 4.69) is 38.7 Å². The molecular weight excluding hydrogens is 300 g/mol. The molecule has 0 unspecified atom stereocenters. The van der Waals surface area contributed by atoms with E-state index in [0.29, 0.717) is 5.92 Å². The van der Waals surface area contributed by atoms with Gasteiger partial charge in [0, 0.05) is 49.0 Å². The van der Waals surface area contributed by atoms with Gasteiger partial charge in [0.1, 0.15) is 0 Å². The number of hydrogen-bond donors (Lipinski definition) is 0. The fourth-order valence-corrected chi connectivity index (χ4v) is 3.81. The number of rotatable bonds is 4. The number of imidazole rings is 1. The third-order valence-electron chi connectivity index (χ3n) is 4.88. The van der Waals surface area contributed by atoms with Crippen LogP contribution in [0.2, 0.25) is 0 Å². The minimum absolute atomic E-state index is 0.686. The Bertz CT molecular complexity index is 820. The summed E-state index contributed by atoms with van der Waals surface area (Å²) >= 11 is 0. The van der Waals surface area contributed by atoms with Crippen molar-refractivity contribution in [3.05, 3.63) is 47.9 Å². The predicted molar refractivity (Wildman–Crippen MR) is 92.7 cm³/mol. The minimum Gasteiger partial charge on any atom is -0.337 e. The number of nitrogens with zero attached hydrogens (tertiary/aromatic N) is 6. The summed E-state index contributed by atoms with van der Waals surface area (Å²) in [5, 5.41) is 4.52. The molecule has 0 bridgehead atoms. The summed E-state index contributed by atoms with van der Waals surface area (Å²) in [7, 11) is 0. The molecular formula is C18H24N6. The standard InChI is InChI=1S/C18H24N6/c1-14-8-15(2)24-18(21-14)17(9-20-24)12-22-6-3-4-16(10-22)11-23-7-5-19-13-23/h5,7-9,13,16H,3-4,6,10-12H2,1-2H3/t16-/m1/s1. The molecule has 1 atom stereocenters. The second-order valence-corrected chi connectivity index (χ2v) is 6.95. The van der Waals surface area contributed by atoms with Crippen LogP contribution in [0.4, 0.5) is 0 Å². The Hall–Kier alpha value is -2.21. The molecule has 0 N–H and O–H groups in total. The van der Waals surface area contributed by atoms with Crippen LogP contribution in [0, 0.1) is 19.8 Å². The van der Waals surface area contributed by atoms with Gasteiger partial charge in [-0.25, -0.2) is 14.5 Å². The summed E-state index contributed by atoms with van der Waals surface area (Å²) in [6, 6.07) is 2.08. The van der Waals surface area contributed by atoms with Crippen LogP contribution >= 0.6 is 0 Å². The lowest BCUT2D eigenvalue weighted by molar-refractivity contribution is 0.156. The minimum atomic E-state index is 0.686. The first-order valence-corrected chi connectivity index (χ1v) is 8.68. The Morgan fingerprint density at radius 1 is 1.29 bits per heavy atom. The number of aryl methyl sites for hydroxylation is 2. The highest BCUT2D eigenvalue weighted by atomic mass is 15.3. The highest BCUT2D eigenvalue weighted by molar-refractivity contribution is 5.47. The van der Waals surface area contributed by atoms with Gasteiger partial charge in [-0.2, -0.15) is 5.10 Å². The Labute approximate surface area is 142 Å². The Morgan fingerprint density at radius 3 is 3.04 bits per heavy atom. The number of aromatic nitrogens is 5. The van der Waals surface area contributed by atoms with E-state index in [1.165, 1.54) is 18.4 Å². The predicted octanol–water partition coefficient (Wildman–Crippen LogP) is 2.45. The molecule has 1 fully saturated rings. The van der Waals surface area contributed by atoms with Gasteiger partial charge >= 0.3 is 0 Å². The zero-order chi connectivity index (χ0) is 16.5. The summed E-state index contributed by atoms with van der Waals surface area (Å²) in [6.07, 6.45) is 10.4. The SMILES string of the molecule is Cc1cc(C)n2ncc(CN3CCC[C@@H](Cn4ccnc4)C3)c2n1. The monoisotopic (exact) mass is 324 g/mol. The largest absolute Gasteiger partial charge is 0.337 e. The van der Waals surface area contributed by atoms with Crippen molar-refractivity contribution >= 4 is 5.65 Å². The first kappa shape index (κ1) is 15.3. The van der Waals surface area contributed by atoms with Crippen molar-refractivity contribution in [2.45, 2.75) is 39.8 Å². The molecule has 0 saturated carbocycles. The summed E-state index contributed by atoms with van der Waals surface area (Å²) in [6.45, 7) is 8.40. The fraction of sp³-hybridized carbons (Fsp3) is 0.500. The molecule has 3 aromatic heterocycles. The van der Waals surface area contributed by atoms with Crippen LogP contribution in [0.15, 0.2) is 31.0 Å². The van der Waals surface area contributed by atoms with Crippen LogP contribution in [0.5, 0.6) is 0 Å². The number of piperidine rings is 1. The van der Waals surface area contributed by atoms with Gasteiger partial charge in [0.15, 0.2) is 5.65 Å². The summed E-state index contributed by atoms with van der Waals surface area (Å²) in [5.41, 5.74) is 4.42. The summed E-state index contributed by atoms with van der Waals surface area (Å²) in [5.74, 6) is 0.686. The van der Waals surface area contributed by atoms with E-state index >= 15 is 0 Å². The molecule has 0 amide bonds. The first-order chi connectivity index (χ1) is 11.7. The van der Waals surface area contributed by atoms with E-state index in [-0.39, 0.29) is 0 Å². The van der Waals surface area contributed by atoms with E-state index in [9.17, 15) is 0 Å². The van der Waals surface area contributed by atoms with Crippen molar-refractivity contribution in [1.29, 1.82) is 0 Å². The molecule has 6 heteroatoms. The van der Waals surface area contributed by atoms with Crippen molar-refractivity contribution in [2.24, 2.45) is 5.92 Å². The smallest absolute Gasteiger partial charge is 0.159 e. The quantitative estimate of drug-likeness (QED) is 0.740. The zero-order valence-electron chi connectivity index (χ0n) is 14.4. The molecule has 24 heavy (non-hydrogen) atoms. The van der Waals surface area contributed by atoms with Gasteiger partial charge in [-0.05, 0) is 45.2 Å². The van der Waals surface area contributed by atoms with Gasteiger partial charge in [0.05, 0.1) is 12.5 Å². The molecule has 1 aliphatic rings. The molecule has 6 nitrogen and oxygen atoms in total. The van der Waals surface area contributed by atoms with Crippen molar-refractivity contribution in [3.63, 3.8) is 0 Å². The molecule has 0 aliphatic carbocycles. The van der Waals surface area contributed by atoms with Crippen LogP contribution in [-0.4, -0.2) is 42.1 Å². The van der Waals surface area contributed by atoms with Crippen LogP contribution in [-0.2, 0) is 13.1 Å². The van der Waals surface area contributed by atoms with Crippen molar-refractivity contribution in [3.8, 4) is 0 Å². The third kappa shape index (κ3) is 3.06. The van der Waals surface area contributed by atoms with Crippen molar-refractivity contribution < 1.29 is 0 Å². The second kappa shape index (κ2) is 6.36. The van der Waals surface area contributed by atoms with E-state index in [0.717, 1.165) is 43.2 Å². The Morgan fingerprint density at radius 2 is 2.21 bits per heavy atom. The van der Waals surface area contributed by atoms with E-state index in [1.807, 2.05) is 30.2 Å². The molecule has 1 saturated heterocycles. The number of likely N-dealkylation sites (tertiary alicyclic amines) is 1. The lowest BCUT2D eigenvalue weighted by Crippen LogP contribution is -2.36. The van der Waals surface area contributed by atoms with Gasteiger partial charge < -0.3 is 4.57 Å². The zero-order valence-corrected chi connectivity index (χ0v) is 14.4. The highest BCUT2D eigenvalue weighted by Crippen LogP contribution is 2.21. The maximum Gasteiger partial charge on any atom is 0.159 e. The number of hydrogen-bond acceptors (Lipinski definition) is 4. The molecule has 3 aromatic rings. The van der Waals surface area contributed by atoms with Crippen molar-refractivity contribution in [1.82, 2.24) is 29.0 Å². The van der Waals surface area contributed by atoms with E-state index in [4.69, 9.17) is 4.98 Å². The van der Waals surface area contributed by atoms with Gasteiger partial charge in [-0.1, -0.05) is 0 Å².